The predicted octanol–water partition coefficient (Wildman–Crippen LogP) is 1.40. The molecule has 0 aliphatic carbocycles. The standard InChI is InChI=1S/C15H32N4OS/c1-12(19-7-8-20-10-13(19)2)9-17-14(16-5)18-11-15(3,4)21-6/h12-13H,7-11H2,1-6H3,(H2,16,17,18). The van der Waals surface area contributed by atoms with Gasteiger partial charge in [-0.15, -0.1) is 0 Å². The molecule has 0 aromatic rings. The zero-order valence-electron chi connectivity index (χ0n) is 14.4. The first-order valence-electron chi connectivity index (χ1n) is 7.73. The number of rotatable bonds is 6. The molecular weight excluding hydrogens is 284 g/mol. The number of morpholine rings is 1. The molecule has 6 heteroatoms. The van der Waals surface area contributed by atoms with Crippen LogP contribution in [0.3, 0.4) is 0 Å². The Morgan fingerprint density at radius 3 is 2.76 bits per heavy atom. The Morgan fingerprint density at radius 2 is 2.19 bits per heavy atom. The molecule has 0 aromatic carbocycles. The summed E-state index contributed by atoms with van der Waals surface area (Å²) in [5.74, 6) is 0.880. The van der Waals surface area contributed by atoms with Gasteiger partial charge in [0.05, 0.1) is 13.2 Å². The average molecular weight is 317 g/mol. The van der Waals surface area contributed by atoms with Gasteiger partial charge >= 0.3 is 0 Å². The lowest BCUT2D eigenvalue weighted by molar-refractivity contribution is -0.0174. The van der Waals surface area contributed by atoms with Crippen LogP contribution in [0.1, 0.15) is 27.7 Å². The number of aliphatic imine (C=N–C) groups is 1. The van der Waals surface area contributed by atoms with Crippen molar-refractivity contribution in [3.63, 3.8) is 0 Å². The minimum absolute atomic E-state index is 0.210. The van der Waals surface area contributed by atoms with E-state index in [1.165, 1.54) is 0 Å². The van der Waals surface area contributed by atoms with Crippen LogP contribution in [-0.2, 0) is 4.74 Å². The van der Waals surface area contributed by atoms with Gasteiger partial charge in [-0.25, -0.2) is 0 Å². The second-order valence-corrected chi connectivity index (χ2v) is 7.79. The fourth-order valence-electron chi connectivity index (χ4n) is 2.35. The topological polar surface area (TPSA) is 48.9 Å². The van der Waals surface area contributed by atoms with E-state index in [0.717, 1.165) is 38.8 Å². The first-order chi connectivity index (χ1) is 9.89. The lowest BCUT2D eigenvalue weighted by atomic mass is 10.2. The molecule has 1 fully saturated rings. The zero-order chi connectivity index (χ0) is 15.9. The van der Waals surface area contributed by atoms with Crippen LogP contribution in [0.25, 0.3) is 0 Å². The lowest BCUT2D eigenvalue weighted by Crippen LogP contribution is -2.53. The smallest absolute Gasteiger partial charge is 0.191 e. The molecule has 0 saturated carbocycles. The van der Waals surface area contributed by atoms with Crippen LogP contribution in [0.4, 0.5) is 0 Å². The molecule has 2 unspecified atom stereocenters. The Hall–Kier alpha value is -0.460. The Labute approximate surface area is 134 Å². The normalized spacial score (nSPS) is 23.0. The van der Waals surface area contributed by atoms with Gasteiger partial charge in [0.1, 0.15) is 0 Å². The zero-order valence-corrected chi connectivity index (χ0v) is 15.2. The molecule has 1 aliphatic heterocycles. The van der Waals surface area contributed by atoms with Crippen LogP contribution in [-0.4, -0.2) is 73.8 Å². The SMILES string of the molecule is CN=C(NCC(C)N1CCOCC1C)NCC(C)(C)SC. The summed E-state index contributed by atoms with van der Waals surface area (Å²) in [6.07, 6.45) is 2.14. The maximum Gasteiger partial charge on any atom is 0.191 e. The molecule has 1 aliphatic rings. The second kappa shape index (κ2) is 8.86. The van der Waals surface area contributed by atoms with E-state index in [-0.39, 0.29) is 4.75 Å². The van der Waals surface area contributed by atoms with Crippen molar-refractivity contribution in [3.8, 4) is 0 Å². The summed E-state index contributed by atoms with van der Waals surface area (Å²) in [6.45, 7) is 13.4. The number of ether oxygens (including phenoxy) is 1. The van der Waals surface area contributed by atoms with Crippen LogP contribution in [0.5, 0.6) is 0 Å². The quantitative estimate of drug-likeness (QED) is 0.573. The number of thioether (sulfide) groups is 1. The van der Waals surface area contributed by atoms with Gasteiger partial charge in [0.15, 0.2) is 5.96 Å². The van der Waals surface area contributed by atoms with Crippen molar-refractivity contribution in [2.45, 2.75) is 44.5 Å². The molecule has 0 spiro atoms. The van der Waals surface area contributed by atoms with Gasteiger partial charge in [0, 0.05) is 43.5 Å². The van der Waals surface area contributed by atoms with Crippen LogP contribution in [0, 0.1) is 0 Å². The maximum atomic E-state index is 5.50. The van der Waals surface area contributed by atoms with E-state index < -0.39 is 0 Å². The molecule has 5 nitrogen and oxygen atoms in total. The van der Waals surface area contributed by atoms with Gasteiger partial charge in [-0.1, -0.05) is 0 Å². The van der Waals surface area contributed by atoms with Crippen molar-refractivity contribution < 1.29 is 4.74 Å². The van der Waals surface area contributed by atoms with Crippen LogP contribution >= 0.6 is 11.8 Å². The third kappa shape index (κ3) is 6.45. The monoisotopic (exact) mass is 316 g/mol. The van der Waals surface area contributed by atoms with Gasteiger partial charge in [0.25, 0.3) is 0 Å². The number of hydrogen-bond acceptors (Lipinski definition) is 4. The minimum Gasteiger partial charge on any atom is -0.379 e. The maximum absolute atomic E-state index is 5.50. The van der Waals surface area contributed by atoms with Crippen molar-refractivity contribution in [3.05, 3.63) is 0 Å². The summed E-state index contributed by atoms with van der Waals surface area (Å²) in [5, 5.41) is 6.84. The third-order valence-corrected chi connectivity index (χ3v) is 5.26. The number of guanidine groups is 1. The molecule has 2 atom stereocenters. The summed E-state index contributed by atoms with van der Waals surface area (Å²) in [5.41, 5.74) is 0. The Morgan fingerprint density at radius 1 is 1.48 bits per heavy atom. The first-order valence-corrected chi connectivity index (χ1v) is 8.95. The molecule has 1 saturated heterocycles. The molecule has 0 aromatic heterocycles. The van der Waals surface area contributed by atoms with Crippen molar-refractivity contribution in [2.75, 3.05) is 46.2 Å². The highest BCUT2D eigenvalue weighted by Gasteiger charge is 2.23. The van der Waals surface area contributed by atoms with Crippen LogP contribution in [0.15, 0.2) is 4.99 Å². The van der Waals surface area contributed by atoms with E-state index in [1.54, 1.807) is 0 Å². The molecule has 0 bridgehead atoms. The minimum atomic E-state index is 0.210. The lowest BCUT2D eigenvalue weighted by Gasteiger charge is -2.38. The molecule has 124 valence electrons. The van der Waals surface area contributed by atoms with Crippen LogP contribution in [0.2, 0.25) is 0 Å². The fourth-order valence-corrected chi connectivity index (χ4v) is 2.56. The van der Waals surface area contributed by atoms with E-state index in [2.05, 4.69) is 54.5 Å². The molecule has 1 heterocycles. The molecule has 0 radical (unpaired) electrons. The van der Waals surface area contributed by atoms with Gasteiger partial charge in [-0.05, 0) is 34.0 Å². The Balaban J connectivity index is 2.37. The summed E-state index contributed by atoms with van der Waals surface area (Å²) in [4.78, 5) is 6.80. The summed E-state index contributed by atoms with van der Waals surface area (Å²) >= 11 is 1.86. The van der Waals surface area contributed by atoms with Crippen molar-refractivity contribution >= 4 is 17.7 Å². The highest BCUT2D eigenvalue weighted by molar-refractivity contribution is 7.99. The van der Waals surface area contributed by atoms with Crippen LogP contribution < -0.4 is 10.6 Å². The Bertz CT molecular complexity index is 336. The fraction of sp³-hybridized carbons (Fsp3) is 0.933. The second-order valence-electron chi connectivity index (χ2n) is 6.28. The number of nitrogens with one attached hydrogen (secondary N) is 2. The van der Waals surface area contributed by atoms with Gasteiger partial charge in [-0.2, -0.15) is 11.8 Å². The van der Waals surface area contributed by atoms with Gasteiger partial charge < -0.3 is 15.4 Å². The van der Waals surface area contributed by atoms with Crippen molar-refractivity contribution in [2.24, 2.45) is 4.99 Å². The molecule has 2 N–H and O–H groups in total. The third-order valence-electron chi connectivity index (χ3n) is 4.01. The largest absolute Gasteiger partial charge is 0.379 e. The van der Waals surface area contributed by atoms with Crippen molar-refractivity contribution in [1.82, 2.24) is 15.5 Å². The molecule has 1 rings (SSSR count). The Kier molecular flexibility index (Phi) is 7.84. The van der Waals surface area contributed by atoms with Gasteiger partial charge in [0.2, 0.25) is 0 Å². The van der Waals surface area contributed by atoms with E-state index >= 15 is 0 Å². The van der Waals surface area contributed by atoms with Gasteiger partial charge in [-0.3, -0.25) is 9.89 Å². The summed E-state index contributed by atoms with van der Waals surface area (Å²) in [7, 11) is 1.82. The molecule has 21 heavy (non-hydrogen) atoms. The van der Waals surface area contributed by atoms with E-state index in [1.807, 2.05) is 18.8 Å². The molecular formula is C15H32N4OS. The van der Waals surface area contributed by atoms with E-state index in [4.69, 9.17) is 4.74 Å². The van der Waals surface area contributed by atoms with Crippen molar-refractivity contribution in [1.29, 1.82) is 0 Å². The molecule has 0 amide bonds. The highest BCUT2D eigenvalue weighted by atomic mass is 32.2. The number of nitrogens with zero attached hydrogens (tertiary/aromatic N) is 2. The van der Waals surface area contributed by atoms with E-state index in [0.29, 0.717) is 12.1 Å². The summed E-state index contributed by atoms with van der Waals surface area (Å²) in [6, 6.07) is 0.956. The average Bonchev–Trinajstić information content (AvgIpc) is 2.47. The number of hydrogen-bond donors (Lipinski definition) is 2. The van der Waals surface area contributed by atoms with E-state index in [9.17, 15) is 0 Å². The predicted molar refractivity (Wildman–Crippen MR) is 93.4 cm³/mol. The highest BCUT2D eigenvalue weighted by Crippen LogP contribution is 2.19. The first kappa shape index (κ1) is 18.6. The summed E-state index contributed by atoms with van der Waals surface area (Å²) < 4.78 is 5.71.